The molecule has 0 aliphatic heterocycles. The summed E-state index contributed by atoms with van der Waals surface area (Å²) in [5.41, 5.74) is 0.00687. The molecular formula is C50H71N9O19. The van der Waals surface area contributed by atoms with E-state index in [4.69, 9.17) is 5.11 Å². The Morgan fingerprint density at radius 1 is 0.577 bits per heavy atom. The number of fused-ring (bicyclic) bond motifs is 1. The van der Waals surface area contributed by atoms with E-state index in [0.29, 0.717) is 0 Å². The summed E-state index contributed by atoms with van der Waals surface area (Å²) in [6, 6.07) is -6.04. The van der Waals surface area contributed by atoms with E-state index in [0.717, 1.165) is 16.5 Å². The Labute approximate surface area is 448 Å². The molecule has 78 heavy (non-hydrogen) atoms. The molecule has 0 saturated carbocycles. The highest BCUT2D eigenvalue weighted by Gasteiger charge is 2.43. The van der Waals surface area contributed by atoms with Crippen molar-refractivity contribution < 1.29 is 93.0 Å². The zero-order valence-electron chi connectivity index (χ0n) is 45.1. The molecule has 0 bridgehead atoms. The summed E-state index contributed by atoms with van der Waals surface area (Å²) in [6.07, 6.45) is -2.96. The average molecular weight is 1100 g/mol. The van der Waals surface area contributed by atoms with Crippen LogP contribution in [0.25, 0.3) is 10.9 Å². The fourth-order valence-corrected chi connectivity index (χ4v) is 8.41. The molecule has 0 fully saturated rings. The van der Waals surface area contributed by atoms with Crippen molar-refractivity contribution in [1.29, 1.82) is 0 Å². The molecule has 0 saturated heterocycles. The van der Waals surface area contributed by atoms with Crippen LogP contribution >= 0.6 is 0 Å². The van der Waals surface area contributed by atoms with Crippen molar-refractivity contribution in [2.24, 2.45) is 18.4 Å². The molecule has 430 valence electrons. The first-order valence-corrected chi connectivity index (χ1v) is 24.3. The van der Waals surface area contributed by atoms with Gasteiger partial charge in [0.2, 0.25) is 41.4 Å². The number of carboxylic acids is 6. The third-order valence-corrected chi connectivity index (χ3v) is 12.5. The van der Waals surface area contributed by atoms with Gasteiger partial charge < -0.3 is 77.3 Å². The molecule has 28 nitrogen and oxygen atoms in total. The number of para-hydroxylation sites is 1. The molecule has 1 heterocycles. The highest BCUT2D eigenvalue weighted by atomic mass is 16.4. The van der Waals surface area contributed by atoms with Gasteiger partial charge in [0.25, 0.3) is 0 Å². The van der Waals surface area contributed by atoms with E-state index in [2.05, 4.69) is 16.0 Å². The van der Waals surface area contributed by atoms with Crippen molar-refractivity contribution in [3.63, 3.8) is 0 Å². The van der Waals surface area contributed by atoms with Crippen LogP contribution in [0.15, 0.2) is 42.1 Å². The molecular weight excluding hydrogens is 1030 g/mol. The zero-order valence-corrected chi connectivity index (χ0v) is 45.1. The van der Waals surface area contributed by atoms with Gasteiger partial charge in [0.05, 0.1) is 44.2 Å². The highest BCUT2D eigenvalue weighted by molar-refractivity contribution is 6.01. The van der Waals surface area contributed by atoms with Gasteiger partial charge in [0.1, 0.15) is 36.3 Å². The quantitative estimate of drug-likeness (QED) is 0.0412. The lowest BCUT2D eigenvalue weighted by atomic mass is 9.76. The van der Waals surface area contributed by atoms with Gasteiger partial charge in [-0.05, 0) is 36.9 Å². The number of hydrogen-bond donors (Lipinski definition) is 13. The molecule has 0 spiro atoms. The molecule has 28 heteroatoms. The number of hydrogen-bond acceptors (Lipinski definition) is 14. The van der Waals surface area contributed by atoms with E-state index < -0.39 is 174 Å². The second-order valence-corrected chi connectivity index (χ2v) is 20.6. The van der Waals surface area contributed by atoms with Crippen LogP contribution in [0.3, 0.4) is 0 Å². The molecule has 8 atom stereocenters. The van der Waals surface area contributed by atoms with Crippen molar-refractivity contribution in [2.45, 2.75) is 141 Å². The molecule has 0 aliphatic carbocycles. The third kappa shape index (κ3) is 18.7. The molecule has 2 aromatic rings. The number of nitrogens with one attached hydrogen (secondary N) is 7. The first-order chi connectivity index (χ1) is 35.9. The monoisotopic (exact) mass is 1100 g/mol. The maximum Gasteiger partial charge on any atom is 0.326 e. The van der Waals surface area contributed by atoms with Crippen molar-refractivity contribution in [3.8, 4) is 0 Å². The van der Waals surface area contributed by atoms with Gasteiger partial charge in [-0.2, -0.15) is 0 Å². The van der Waals surface area contributed by atoms with E-state index in [1.165, 1.54) is 24.9 Å². The highest BCUT2D eigenvalue weighted by Crippen LogP contribution is 2.35. The molecule has 2 rings (SSSR count). The molecule has 0 aliphatic rings. The number of aliphatic carboxylic acids is 6. The molecule has 7 amide bonds. The number of aromatic nitrogens is 1. The lowest BCUT2D eigenvalue weighted by molar-refractivity contribution is -0.148. The lowest BCUT2D eigenvalue weighted by Crippen LogP contribution is -2.61. The normalized spacial score (nSPS) is 14.9. The van der Waals surface area contributed by atoms with Gasteiger partial charge >= 0.3 is 35.8 Å². The number of carboxylic acid groups (broad SMARTS) is 6. The Bertz CT molecular complexity index is 2670. The number of amides is 7. The fourth-order valence-electron chi connectivity index (χ4n) is 8.41. The Morgan fingerprint density at radius 3 is 1.33 bits per heavy atom. The molecule has 1 unspecified atom stereocenters. The smallest absolute Gasteiger partial charge is 0.326 e. The van der Waals surface area contributed by atoms with Gasteiger partial charge in [-0.25, -0.2) is 4.79 Å². The van der Waals surface area contributed by atoms with Gasteiger partial charge in [-0.1, -0.05) is 72.7 Å². The van der Waals surface area contributed by atoms with E-state index in [9.17, 15) is 87.9 Å². The molecule has 1 aromatic carbocycles. The van der Waals surface area contributed by atoms with Crippen molar-refractivity contribution in [2.75, 3.05) is 14.1 Å². The SMILES string of the molecule is CN[C@H](C(=O)NC(C(=O)N(C)[C@H](/C=C(\C)C(=O)N[C@@H](CC(=O)O)C(=O)N[C@@H](CC(=O)O)C(=O)N[C@@H](CC(=O)O)C(=O)N[C@@H](CC(=O)O)C(=O)N[C@@H](CC(=O)O)C(=O)O)C(C)C)C(C)(C)C)C(C)(C)c1cn(C)c2ccccc12. The van der Waals surface area contributed by atoms with Crippen LogP contribution in [0.4, 0.5) is 0 Å². The molecule has 0 radical (unpaired) electrons. The van der Waals surface area contributed by atoms with E-state index >= 15 is 0 Å². The Hall–Kier alpha value is -8.43. The summed E-state index contributed by atoms with van der Waals surface area (Å²) in [5.74, 6) is -19.3. The minimum absolute atomic E-state index is 0.155. The van der Waals surface area contributed by atoms with E-state index in [-0.39, 0.29) is 5.57 Å². The second kappa shape index (κ2) is 28.1. The minimum Gasteiger partial charge on any atom is -0.481 e. The molecule has 13 N–H and O–H groups in total. The maximum atomic E-state index is 14.5. The zero-order chi connectivity index (χ0) is 59.9. The number of carbonyl (C=O) groups excluding carboxylic acids is 7. The Balaban J connectivity index is 2.42. The van der Waals surface area contributed by atoms with Crippen LogP contribution in [0, 0.1) is 11.3 Å². The van der Waals surface area contributed by atoms with Crippen LogP contribution in [0.5, 0.6) is 0 Å². The summed E-state index contributed by atoms with van der Waals surface area (Å²) in [4.78, 5) is 167. The summed E-state index contributed by atoms with van der Waals surface area (Å²) in [5, 5.41) is 73.1. The minimum atomic E-state index is -2.28. The third-order valence-electron chi connectivity index (χ3n) is 12.5. The van der Waals surface area contributed by atoms with Crippen molar-refractivity contribution >= 4 is 88.1 Å². The van der Waals surface area contributed by atoms with Gasteiger partial charge in [-0.3, -0.25) is 57.5 Å². The Morgan fingerprint density at radius 2 is 0.962 bits per heavy atom. The second-order valence-electron chi connectivity index (χ2n) is 20.6. The predicted octanol–water partition coefficient (Wildman–Crippen LogP) is -1.11. The van der Waals surface area contributed by atoms with Crippen LogP contribution < -0.4 is 37.2 Å². The number of rotatable bonds is 30. The maximum absolute atomic E-state index is 14.5. The van der Waals surface area contributed by atoms with Gasteiger partial charge in [0, 0.05) is 42.2 Å². The average Bonchev–Trinajstić information content (AvgIpc) is 3.66. The van der Waals surface area contributed by atoms with E-state index in [1.807, 2.05) is 71.9 Å². The van der Waals surface area contributed by atoms with Crippen LogP contribution in [0.2, 0.25) is 0 Å². The largest absolute Gasteiger partial charge is 0.481 e. The number of nitrogens with zero attached hydrogens (tertiary/aromatic N) is 2. The molecule has 1 aromatic heterocycles. The first-order valence-electron chi connectivity index (χ1n) is 24.3. The number of aryl methyl sites for hydroxylation is 1. The summed E-state index contributed by atoms with van der Waals surface area (Å²) in [6.45, 7) is 13.9. The topological polar surface area (TPSA) is 436 Å². The van der Waals surface area contributed by atoms with Crippen molar-refractivity contribution in [3.05, 3.63) is 47.7 Å². The van der Waals surface area contributed by atoms with Gasteiger partial charge in [-0.15, -0.1) is 0 Å². The standard InChI is InChI=1S/C50H71N9O19/c1-23(2)33(59(11)47(76)40(49(4,5)6)57-46(75)39(51-9)50(7,8)26-22-58(10)32-15-13-12-14-25(26)32)16-24(3)41(70)52-27(17-34(60)61)42(71)53-28(18-35(62)63)43(72)54-29(19-36(64)65)44(73)55-30(20-37(66)67)45(74)56-31(48(77)78)21-38(68)69/h12-16,22-23,27-31,33,39-40,51H,17-21H2,1-11H3,(H,52,70)(H,53,71)(H,54,72)(H,55,73)(H,56,74)(H,57,75)(H,60,61)(H,62,63)(H,64,65)(H,66,67)(H,68,69)(H,77,78)/b24-16+/t27-,28-,29-,30-,31-,33+,39+,40?/m0/s1. The Kier molecular flexibility index (Phi) is 23.7. The van der Waals surface area contributed by atoms with Crippen LogP contribution in [0.1, 0.15) is 93.1 Å². The van der Waals surface area contributed by atoms with Gasteiger partial charge in [0.15, 0.2) is 0 Å². The van der Waals surface area contributed by atoms with Crippen LogP contribution in [-0.2, 0) is 74.8 Å². The lowest BCUT2D eigenvalue weighted by Gasteiger charge is -2.39. The number of carbonyl (C=O) groups is 13. The van der Waals surface area contributed by atoms with Crippen molar-refractivity contribution in [1.82, 2.24) is 46.7 Å². The van der Waals surface area contributed by atoms with Crippen LogP contribution in [-0.4, -0.2) is 180 Å². The summed E-state index contributed by atoms with van der Waals surface area (Å²) < 4.78 is 1.96. The summed E-state index contributed by atoms with van der Waals surface area (Å²) >= 11 is 0. The fraction of sp³-hybridized carbons (Fsp3) is 0.540. The predicted molar refractivity (Wildman–Crippen MR) is 274 cm³/mol. The first kappa shape index (κ1) is 65.7. The summed E-state index contributed by atoms with van der Waals surface area (Å²) in [7, 11) is 5.00. The number of benzene rings is 1. The number of likely N-dealkylation sites (N-methyl/N-ethyl adjacent to an activating group) is 2. The van der Waals surface area contributed by atoms with E-state index in [1.54, 1.807) is 47.0 Å².